The van der Waals surface area contributed by atoms with Gasteiger partial charge in [0.05, 0.1) is 28.3 Å². The number of amides is 4. The van der Waals surface area contributed by atoms with E-state index in [4.69, 9.17) is 33.0 Å². The highest BCUT2D eigenvalue weighted by Gasteiger charge is 2.29. The molecule has 0 saturated heterocycles. The highest BCUT2D eigenvalue weighted by molar-refractivity contribution is 6.45. The van der Waals surface area contributed by atoms with Gasteiger partial charge in [0.2, 0.25) is 17.7 Å². The van der Waals surface area contributed by atoms with Crippen LogP contribution in [0.4, 0.5) is 9.59 Å². The van der Waals surface area contributed by atoms with Gasteiger partial charge in [0, 0.05) is 66.9 Å². The van der Waals surface area contributed by atoms with Crippen molar-refractivity contribution in [2.75, 3.05) is 19.6 Å². The number of fused-ring (bicyclic) bond motifs is 3. The molecule has 4 amide bonds. The van der Waals surface area contributed by atoms with Gasteiger partial charge in [-0.2, -0.15) is 5.10 Å². The number of hydrogen-bond donors (Lipinski definition) is 5. The van der Waals surface area contributed by atoms with E-state index in [2.05, 4.69) is 30.9 Å². The van der Waals surface area contributed by atoms with Crippen LogP contribution in [-0.4, -0.2) is 80.6 Å². The van der Waals surface area contributed by atoms with Gasteiger partial charge in [-0.25, -0.2) is 14.3 Å². The predicted octanol–water partition coefficient (Wildman–Crippen LogP) is 5.91. The van der Waals surface area contributed by atoms with Crippen molar-refractivity contribution in [3.63, 3.8) is 0 Å². The summed E-state index contributed by atoms with van der Waals surface area (Å²) in [5, 5.41) is 25.4. The first kappa shape index (κ1) is 39.5. The van der Waals surface area contributed by atoms with Crippen LogP contribution >= 0.6 is 23.2 Å². The molecule has 14 nitrogen and oxygen atoms in total. The molecule has 1 atom stereocenters. The van der Waals surface area contributed by atoms with Crippen LogP contribution in [0.5, 0.6) is 0 Å². The van der Waals surface area contributed by atoms with Crippen molar-refractivity contribution < 1.29 is 33.8 Å². The summed E-state index contributed by atoms with van der Waals surface area (Å²) in [6, 6.07) is 3.42. The summed E-state index contributed by atoms with van der Waals surface area (Å²) in [7, 11) is 0. The Morgan fingerprint density at radius 1 is 0.941 bits per heavy atom. The number of unbranched alkanes of at least 4 members (excludes halogenated alkanes) is 4. The van der Waals surface area contributed by atoms with E-state index >= 15 is 0 Å². The average molecular weight is 749 g/mol. The van der Waals surface area contributed by atoms with Gasteiger partial charge in [-0.1, -0.05) is 42.1 Å². The number of nitrogens with zero attached hydrogens (tertiary/aromatic N) is 3. The van der Waals surface area contributed by atoms with E-state index in [1.807, 2.05) is 6.07 Å². The number of benzene rings is 1. The van der Waals surface area contributed by atoms with Gasteiger partial charge in [-0.3, -0.25) is 14.4 Å². The zero-order valence-corrected chi connectivity index (χ0v) is 30.8. The molecule has 51 heavy (non-hydrogen) atoms. The average Bonchev–Trinajstić information content (AvgIpc) is 3.67. The smallest absolute Gasteiger partial charge is 0.407 e. The molecule has 1 aliphatic heterocycles. The van der Waals surface area contributed by atoms with E-state index in [-0.39, 0.29) is 43.1 Å². The first-order chi connectivity index (χ1) is 24.2. The van der Waals surface area contributed by atoms with Gasteiger partial charge >= 0.3 is 12.2 Å². The minimum Gasteiger partial charge on any atom is -0.465 e. The fourth-order valence-electron chi connectivity index (χ4n) is 6.07. The molecular formula is C35H47Cl2N7O7. The van der Waals surface area contributed by atoms with Crippen molar-refractivity contribution in [2.24, 2.45) is 0 Å². The second-order valence-corrected chi connectivity index (χ2v) is 14.4. The Morgan fingerprint density at radius 3 is 2.35 bits per heavy atom. The SMILES string of the molecule is CC(C)(C)OC(=O)NCCCCCC(=O)NCC(=O)NC1CCc2c(-c3cnn(C(=O)CCCCCNC(=O)O)c3)c3ccc(Cl)c(Cl)c3n2C1. The summed E-state index contributed by atoms with van der Waals surface area (Å²) in [5.41, 5.74) is 2.83. The second-order valence-electron chi connectivity index (χ2n) is 13.6. The van der Waals surface area contributed by atoms with Gasteiger partial charge in [0.25, 0.3) is 0 Å². The molecule has 0 fully saturated rings. The number of carbonyl (C=O) groups excluding carboxylic acids is 4. The Morgan fingerprint density at radius 2 is 1.65 bits per heavy atom. The largest absolute Gasteiger partial charge is 0.465 e. The summed E-state index contributed by atoms with van der Waals surface area (Å²) in [5.74, 6) is -0.670. The monoisotopic (exact) mass is 747 g/mol. The molecule has 2 aromatic heterocycles. The zero-order valence-electron chi connectivity index (χ0n) is 29.3. The van der Waals surface area contributed by atoms with E-state index in [1.54, 1.807) is 39.2 Å². The van der Waals surface area contributed by atoms with Crippen molar-refractivity contribution in [3.05, 3.63) is 40.3 Å². The summed E-state index contributed by atoms with van der Waals surface area (Å²) >= 11 is 13.2. The van der Waals surface area contributed by atoms with Crippen LogP contribution in [0.3, 0.4) is 0 Å². The van der Waals surface area contributed by atoms with Gasteiger partial charge in [0.15, 0.2) is 0 Å². The lowest BCUT2D eigenvalue weighted by molar-refractivity contribution is -0.126. The third kappa shape index (κ3) is 11.6. The molecule has 0 aliphatic carbocycles. The summed E-state index contributed by atoms with van der Waals surface area (Å²) in [6.45, 7) is 6.50. The quantitative estimate of drug-likeness (QED) is 0.112. The molecule has 0 spiro atoms. The van der Waals surface area contributed by atoms with Crippen LogP contribution in [0.1, 0.15) is 89.0 Å². The maximum Gasteiger partial charge on any atom is 0.407 e. The molecule has 1 aromatic carbocycles. The second kappa shape index (κ2) is 18.3. The molecule has 3 heterocycles. The Bertz CT molecular complexity index is 1730. The fourth-order valence-corrected chi connectivity index (χ4v) is 6.49. The molecule has 16 heteroatoms. The van der Waals surface area contributed by atoms with Crippen LogP contribution in [0, 0.1) is 0 Å². The number of halogens is 2. The van der Waals surface area contributed by atoms with Crippen LogP contribution in [0.15, 0.2) is 24.5 Å². The minimum absolute atomic E-state index is 0.140. The molecule has 0 radical (unpaired) electrons. The van der Waals surface area contributed by atoms with Crippen molar-refractivity contribution >= 4 is 64.0 Å². The number of carbonyl (C=O) groups is 5. The molecule has 4 rings (SSSR count). The number of rotatable bonds is 16. The number of nitrogens with one attached hydrogen (secondary N) is 4. The molecular weight excluding hydrogens is 701 g/mol. The van der Waals surface area contributed by atoms with Gasteiger partial charge < -0.3 is 35.7 Å². The zero-order chi connectivity index (χ0) is 37.1. The molecule has 5 N–H and O–H groups in total. The van der Waals surface area contributed by atoms with E-state index in [0.29, 0.717) is 74.6 Å². The topological polar surface area (TPSA) is 186 Å². The Balaban J connectivity index is 1.30. The Hall–Kier alpha value is -4.30. The van der Waals surface area contributed by atoms with Gasteiger partial charge in [0.1, 0.15) is 5.60 Å². The van der Waals surface area contributed by atoms with Crippen molar-refractivity contribution in [1.82, 2.24) is 35.6 Å². The van der Waals surface area contributed by atoms with Gasteiger partial charge in [-0.15, -0.1) is 0 Å². The summed E-state index contributed by atoms with van der Waals surface area (Å²) in [4.78, 5) is 60.3. The number of carboxylic acid groups (broad SMARTS) is 1. The van der Waals surface area contributed by atoms with E-state index in [1.165, 1.54) is 4.68 Å². The number of hydrogen-bond acceptors (Lipinski definition) is 7. The summed E-state index contributed by atoms with van der Waals surface area (Å²) < 4.78 is 8.60. The van der Waals surface area contributed by atoms with Crippen molar-refractivity contribution in [3.8, 4) is 11.1 Å². The van der Waals surface area contributed by atoms with Crippen LogP contribution in [0.25, 0.3) is 22.0 Å². The number of ether oxygens (including phenoxy) is 1. The van der Waals surface area contributed by atoms with E-state index in [0.717, 1.165) is 34.1 Å². The predicted molar refractivity (Wildman–Crippen MR) is 194 cm³/mol. The first-order valence-corrected chi connectivity index (χ1v) is 18.1. The number of aromatic nitrogens is 3. The lowest BCUT2D eigenvalue weighted by Crippen LogP contribution is -2.45. The standard InChI is InChI=1S/C35H47Cl2N7O7/c1-35(2,3)51-34(50)39-17-9-4-6-10-27(45)40-19-28(46)42-23-12-15-26-30(24-13-14-25(36)31(37)32(24)43(26)21-23)22-18-41-44(20-22)29(47)11-7-5-8-16-38-33(48)49/h13-14,18,20,23,38H,4-12,15-17,19,21H2,1-3H3,(H,39,50)(H,40,45)(H,42,46)(H,48,49). The summed E-state index contributed by atoms with van der Waals surface area (Å²) in [6.07, 6.45) is 7.70. The molecule has 1 aliphatic rings. The van der Waals surface area contributed by atoms with Crippen LogP contribution in [-0.2, 0) is 27.3 Å². The maximum absolute atomic E-state index is 12.9. The minimum atomic E-state index is -1.06. The van der Waals surface area contributed by atoms with Crippen molar-refractivity contribution in [1.29, 1.82) is 0 Å². The Labute approximate surface area is 306 Å². The van der Waals surface area contributed by atoms with Crippen molar-refractivity contribution in [2.45, 2.75) is 103 Å². The lowest BCUT2D eigenvalue weighted by atomic mass is 9.99. The molecule has 0 bridgehead atoms. The maximum atomic E-state index is 12.9. The van der Waals surface area contributed by atoms with Crippen LogP contribution < -0.4 is 21.3 Å². The van der Waals surface area contributed by atoms with Crippen LogP contribution in [0.2, 0.25) is 10.0 Å². The third-order valence-electron chi connectivity index (χ3n) is 8.39. The highest BCUT2D eigenvalue weighted by Crippen LogP contribution is 2.42. The lowest BCUT2D eigenvalue weighted by Gasteiger charge is -2.27. The van der Waals surface area contributed by atoms with Gasteiger partial charge in [-0.05, 0) is 65.4 Å². The third-order valence-corrected chi connectivity index (χ3v) is 9.18. The molecule has 278 valence electrons. The molecule has 1 unspecified atom stereocenters. The molecule has 0 saturated carbocycles. The normalized spacial score (nSPS) is 14.1. The molecule has 3 aromatic rings. The number of alkyl carbamates (subject to hydrolysis) is 1. The van der Waals surface area contributed by atoms with E-state index < -0.39 is 17.8 Å². The fraction of sp³-hybridized carbons (Fsp3) is 0.543. The Kier molecular flexibility index (Phi) is 14.1. The highest BCUT2D eigenvalue weighted by atomic mass is 35.5. The van der Waals surface area contributed by atoms with E-state index in [9.17, 15) is 24.0 Å². The first-order valence-electron chi connectivity index (χ1n) is 17.3.